The Morgan fingerprint density at radius 2 is 1.73 bits per heavy atom. The normalized spacial score (nSPS) is 17.4. The van der Waals surface area contributed by atoms with Crippen molar-refractivity contribution in [3.63, 3.8) is 0 Å². The van der Waals surface area contributed by atoms with Crippen LogP contribution < -0.4 is 16.4 Å². The standard InChI is InChI=1S/C28H29F3N8O2/c29-28(30,31)19-10-11-34-21(13-19)38-26(40)17-8-6-16(7-9-17)23(32)22-24(33)35-15-36-25(22)37-20-5-2-12-39(14-20)27(41)18-3-1-4-18/h6-11,13,15,18,20,32H,1-5,12,14H2,(H,34,38,40)(H3,33,35,36,37). The lowest BCUT2D eigenvalue weighted by Crippen LogP contribution is -2.48. The molecule has 2 aromatic heterocycles. The van der Waals surface area contributed by atoms with Gasteiger partial charge in [-0.1, -0.05) is 18.6 Å². The first-order valence-corrected chi connectivity index (χ1v) is 13.3. The summed E-state index contributed by atoms with van der Waals surface area (Å²) < 4.78 is 38.9. The summed E-state index contributed by atoms with van der Waals surface area (Å²) >= 11 is 0. The summed E-state index contributed by atoms with van der Waals surface area (Å²) in [5.41, 5.74) is 6.14. The topological polar surface area (TPSA) is 150 Å². The second kappa shape index (κ2) is 11.5. The number of carbonyl (C=O) groups excluding carboxylic acids is 2. The number of carbonyl (C=O) groups is 2. The molecule has 1 aromatic carbocycles. The number of aromatic nitrogens is 3. The summed E-state index contributed by atoms with van der Waals surface area (Å²) in [5.74, 6) is -0.0872. The number of amides is 2. The van der Waals surface area contributed by atoms with Crippen molar-refractivity contribution in [3.8, 4) is 0 Å². The lowest BCUT2D eigenvalue weighted by atomic mass is 9.84. The highest BCUT2D eigenvalue weighted by atomic mass is 19.4. The highest BCUT2D eigenvalue weighted by Crippen LogP contribution is 2.31. The predicted molar refractivity (Wildman–Crippen MR) is 147 cm³/mol. The summed E-state index contributed by atoms with van der Waals surface area (Å²) in [6, 6.07) is 7.47. The van der Waals surface area contributed by atoms with E-state index in [9.17, 15) is 22.8 Å². The molecule has 3 heterocycles. The molecule has 2 aliphatic rings. The average molecular weight is 567 g/mol. The first-order chi connectivity index (χ1) is 19.6. The van der Waals surface area contributed by atoms with Crippen LogP contribution in [0.25, 0.3) is 0 Å². The zero-order valence-electron chi connectivity index (χ0n) is 22.0. The van der Waals surface area contributed by atoms with Crippen molar-refractivity contribution in [2.75, 3.05) is 29.5 Å². The smallest absolute Gasteiger partial charge is 0.383 e. The molecule has 0 spiro atoms. The van der Waals surface area contributed by atoms with E-state index in [0.29, 0.717) is 23.5 Å². The van der Waals surface area contributed by atoms with Crippen molar-refractivity contribution in [2.24, 2.45) is 5.92 Å². The number of nitrogens with two attached hydrogens (primary N) is 1. The third-order valence-corrected chi connectivity index (χ3v) is 7.42. The fraction of sp³-hybridized carbons (Fsp3) is 0.357. The number of nitrogens with one attached hydrogen (secondary N) is 3. The fourth-order valence-corrected chi connectivity index (χ4v) is 4.95. The molecule has 1 unspecified atom stereocenters. The zero-order valence-corrected chi connectivity index (χ0v) is 22.0. The minimum atomic E-state index is -4.56. The van der Waals surface area contributed by atoms with E-state index < -0.39 is 17.6 Å². The molecule has 2 fully saturated rings. The molecule has 1 saturated carbocycles. The number of piperidine rings is 1. The molecule has 5 N–H and O–H groups in total. The minimum Gasteiger partial charge on any atom is -0.383 e. The van der Waals surface area contributed by atoms with Crippen LogP contribution in [0.3, 0.4) is 0 Å². The number of rotatable bonds is 7. The van der Waals surface area contributed by atoms with E-state index in [4.69, 9.17) is 11.1 Å². The van der Waals surface area contributed by atoms with Crippen LogP contribution >= 0.6 is 0 Å². The van der Waals surface area contributed by atoms with Crippen molar-refractivity contribution in [1.29, 1.82) is 5.41 Å². The van der Waals surface area contributed by atoms with Gasteiger partial charge in [0.15, 0.2) is 0 Å². The number of nitrogen functional groups attached to an aromatic ring is 1. The molecule has 1 atom stereocenters. The van der Waals surface area contributed by atoms with Crippen LogP contribution in [0, 0.1) is 11.3 Å². The van der Waals surface area contributed by atoms with Gasteiger partial charge in [-0.3, -0.25) is 15.0 Å². The van der Waals surface area contributed by atoms with E-state index >= 15 is 0 Å². The number of alkyl halides is 3. The lowest BCUT2D eigenvalue weighted by Gasteiger charge is -2.37. The van der Waals surface area contributed by atoms with Gasteiger partial charge in [-0.2, -0.15) is 13.2 Å². The maximum Gasteiger partial charge on any atom is 0.416 e. The van der Waals surface area contributed by atoms with E-state index in [-0.39, 0.29) is 40.8 Å². The van der Waals surface area contributed by atoms with Gasteiger partial charge in [0.25, 0.3) is 5.91 Å². The molecular weight excluding hydrogens is 537 g/mol. The Hall–Kier alpha value is -4.55. The molecule has 13 heteroatoms. The van der Waals surface area contributed by atoms with Crippen LogP contribution in [-0.2, 0) is 11.0 Å². The fourth-order valence-electron chi connectivity index (χ4n) is 4.95. The molecule has 5 rings (SSSR count). The van der Waals surface area contributed by atoms with Gasteiger partial charge in [0, 0.05) is 42.4 Å². The van der Waals surface area contributed by atoms with Gasteiger partial charge in [-0.15, -0.1) is 0 Å². The van der Waals surface area contributed by atoms with Crippen molar-refractivity contribution >= 4 is 35.0 Å². The summed E-state index contributed by atoms with van der Waals surface area (Å²) in [4.78, 5) is 39.5. The van der Waals surface area contributed by atoms with Crippen LogP contribution in [0.1, 0.15) is 59.2 Å². The Bertz CT molecular complexity index is 1460. The number of hydrogen-bond acceptors (Lipinski definition) is 8. The van der Waals surface area contributed by atoms with Gasteiger partial charge in [0.05, 0.1) is 16.8 Å². The number of pyridine rings is 1. The molecule has 41 heavy (non-hydrogen) atoms. The van der Waals surface area contributed by atoms with E-state index in [0.717, 1.165) is 57.0 Å². The largest absolute Gasteiger partial charge is 0.416 e. The Morgan fingerprint density at radius 1 is 1.00 bits per heavy atom. The van der Waals surface area contributed by atoms with E-state index in [1.807, 2.05) is 4.90 Å². The van der Waals surface area contributed by atoms with Crippen LogP contribution in [-0.4, -0.2) is 56.5 Å². The van der Waals surface area contributed by atoms with Crippen LogP contribution in [0.2, 0.25) is 0 Å². The first-order valence-electron chi connectivity index (χ1n) is 13.3. The van der Waals surface area contributed by atoms with Gasteiger partial charge >= 0.3 is 6.18 Å². The monoisotopic (exact) mass is 566 g/mol. The number of anilines is 3. The van der Waals surface area contributed by atoms with Crippen molar-refractivity contribution in [3.05, 3.63) is 71.2 Å². The Balaban J connectivity index is 1.28. The van der Waals surface area contributed by atoms with Gasteiger partial charge in [-0.05, 0) is 49.9 Å². The zero-order chi connectivity index (χ0) is 29.1. The van der Waals surface area contributed by atoms with E-state index in [1.165, 1.54) is 30.6 Å². The summed E-state index contributed by atoms with van der Waals surface area (Å²) in [6.07, 6.45) is 2.38. The second-order valence-corrected chi connectivity index (χ2v) is 10.2. The molecule has 0 bridgehead atoms. The molecule has 1 aliphatic carbocycles. The second-order valence-electron chi connectivity index (χ2n) is 10.2. The van der Waals surface area contributed by atoms with Crippen LogP contribution in [0.15, 0.2) is 48.9 Å². The van der Waals surface area contributed by atoms with Crippen molar-refractivity contribution in [1.82, 2.24) is 19.9 Å². The molecule has 10 nitrogen and oxygen atoms in total. The SMILES string of the molecule is N=C(c1ccc(C(=O)Nc2cc(C(F)(F)F)ccn2)cc1)c1c(N)ncnc1NC1CCCN(C(=O)C2CCC2)C1. The summed E-state index contributed by atoms with van der Waals surface area (Å²) in [6.45, 7) is 1.27. The number of likely N-dealkylation sites (tertiary alicyclic amines) is 1. The molecule has 3 aromatic rings. The third kappa shape index (κ3) is 6.28. The first kappa shape index (κ1) is 28.0. The van der Waals surface area contributed by atoms with Gasteiger partial charge in [0.1, 0.15) is 23.8 Å². The Kier molecular flexibility index (Phi) is 7.86. The van der Waals surface area contributed by atoms with Crippen molar-refractivity contribution < 1.29 is 22.8 Å². The molecular formula is C28H29F3N8O2. The number of nitrogens with zero attached hydrogens (tertiary/aromatic N) is 4. The van der Waals surface area contributed by atoms with Crippen LogP contribution in [0.5, 0.6) is 0 Å². The average Bonchev–Trinajstić information content (AvgIpc) is 2.92. The van der Waals surface area contributed by atoms with E-state index in [2.05, 4.69) is 25.6 Å². The molecule has 1 aliphatic heterocycles. The Morgan fingerprint density at radius 3 is 2.41 bits per heavy atom. The predicted octanol–water partition coefficient (Wildman–Crippen LogP) is 4.34. The lowest BCUT2D eigenvalue weighted by molar-refractivity contribution is -0.139. The van der Waals surface area contributed by atoms with E-state index in [1.54, 1.807) is 0 Å². The van der Waals surface area contributed by atoms with Crippen LogP contribution in [0.4, 0.5) is 30.6 Å². The van der Waals surface area contributed by atoms with Gasteiger partial charge < -0.3 is 21.3 Å². The molecule has 1 saturated heterocycles. The third-order valence-electron chi connectivity index (χ3n) is 7.42. The molecule has 2 amide bonds. The highest BCUT2D eigenvalue weighted by molar-refractivity contribution is 6.16. The van der Waals surface area contributed by atoms with Gasteiger partial charge in [-0.25, -0.2) is 15.0 Å². The quantitative estimate of drug-likeness (QED) is 0.311. The maximum atomic E-state index is 13.0. The van der Waals surface area contributed by atoms with Gasteiger partial charge in [0.2, 0.25) is 5.91 Å². The van der Waals surface area contributed by atoms with Crippen molar-refractivity contribution in [2.45, 2.75) is 44.3 Å². The number of benzene rings is 1. The highest BCUT2D eigenvalue weighted by Gasteiger charge is 2.33. The molecule has 0 radical (unpaired) electrons. The Labute approximate surface area is 234 Å². The maximum absolute atomic E-state index is 13.0. The number of hydrogen-bond donors (Lipinski definition) is 4. The number of halogens is 3. The molecule has 214 valence electrons. The summed E-state index contributed by atoms with van der Waals surface area (Å²) in [5, 5.41) is 14.5. The summed E-state index contributed by atoms with van der Waals surface area (Å²) in [7, 11) is 0. The minimum absolute atomic E-state index is 0.0234.